The summed E-state index contributed by atoms with van der Waals surface area (Å²) in [5.74, 6) is -0.0630. The number of amides is 1. The summed E-state index contributed by atoms with van der Waals surface area (Å²) in [6.07, 6.45) is -0.980. The van der Waals surface area contributed by atoms with Crippen LogP contribution in [0, 0.1) is 0 Å². The Bertz CT molecular complexity index is 707. The van der Waals surface area contributed by atoms with E-state index in [1.54, 1.807) is 0 Å². The van der Waals surface area contributed by atoms with Crippen molar-refractivity contribution in [2.75, 3.05) is 6.54 Å². The average molecular weight is 439 g/mol. The minimum atomic E-state index is -1.12. The molecule has 3 aliphatic rings. The quantitative estimate of drug-likeness (QED) is 0.445. The van der Waals surface area contributed by atoms with Gasteiger partial charge >= 0.3 is 0 Å². The molecule has 21 heavy (non-hydrogen) atoms. The lowest BCUT2D eigenvalue weighted by atomic mass is 9.86. The molecule has 10 heteroatoms. The minimum absolute atomic E-state index is 0.180. The van der Waals surface area contributed by atoms with Gasteiger partial charge in [-0.1, -0.05) is 0 Å². The van der Waals surface area contributed by atoms with Crippen molar-refractivity contribution >= 4 is 55.3 Å². The number of rotatable bonds is 0. The van der Waals surface area contributed by atoms with Gasteiger partial charge in [-0.05, 0) is 31.9 Å². The molecule has 1 spiro atoms. The molecule has 7 nitrogen and oxygen atoms in total. The van der Waals surface area contributed by atoms with Gasteiger partial charge in [0, 0.05) is 12.1 Å². The highest BCUT2D eigenvalue weighted by Gasteiger charge is 2.66. The highest BCUT2D eigenvalue weighted by Crippen LogP contribution is 2.52. The number of nitrogens with one attached hydrogen (secondary N) is 2. The Morgan fingerprint density at radius 3 is 2.95 bits per heavy atom. The van der Waals surface area contributed by atoms with E-state index in [0.29, 0.717) is 20.3 Å². The van der Waals surface area contributed by atoms with Crippen LogP contribution in [0.3, 0.4) is 0 Å². The number of carbonyl (C=O) groups is 1. The van der Waals surface area contributed by atoms with Crippen molar-refractivity contribution in [2.24, 2.45) is 10.7 Å². The van der Waals surface area contributed by atoms with Crippen LogP contribution in [0.1, 0.15) is 22.1 Å². The second kappa shape index (κ2) is 4.15. The Balaban J connectivity index is 2.01. The summed E-state index contributed by atoms with van der Waals surface area (Å²) in [5, 5.41) is 12.9. The molecule has 0 aromatic carbocycles. The number of nitrogens with zero attached hydrogens (tertiary/aromatic N) is 2. The molecule has 1 saturated heterocycles. The number of hydrogen-bond acceptors (Lipinski definition) is 5. The molecule has 4 heterocycles. The summed E-state index contributed by atoms with van der Waals surface area (Å²) in [4.78, 5) is 21.6. The van der Waals surface area contributed by atoms with Gasteiger partial charge in [0.1, 0.15) is 17.8 Å². The van der Waals surface area contributed by atoms with Crippen molar-refractivity contribution in [3.8, 4) is 0 Å². The second-order valence-electron chi connectivity index (χ2n) is 5.29. The SMILES string of the molecule is NC1=N[C@H]2c3c([nH]c(Br)c3Br)C(=O)N3C[C@H](Cl)[C@H](O)[C@]23N1. The van der Waals surface area contributed by atoms with Crippen LogP contribution < -0.4 is 11.1 Å². The van der Waals surface area contributed by atoms with E-state index in [-0.39, 0.29) is 18.4 Å². The van der Waals surface area contributed by atoms with E-state index >= 15 is 0 Å². The van der Waals surface area contributed by atoms with Crippen LogP contribution in [0.5, 0.6) is 0 Å². The lowest BCUT2D eigenvalue weighted by molar-refractivity contribution is 0.000935. The monoisotopic (exact) mass is 437 g/mol. The van der Waals surface area contributed by atoms with Gasteiger partial charge in [0.15, 0.2) is 11.6 Å². The Morgan fingerprint density at radius 2 is 2.24 bits per heavy atom. The number of aliphatic imine (C=N–C) groups is 1. The molecule has 0 aliphatic carbocycles. The van der Waals surface area contributed by atoms with E-state index in [9.17, 15) is 9.90 Å². The Labute approximate surface area is 141 Å². The third-order valence-corrected chi connectivity index (χ3v) is 6.60. The first-order chi connectivity index (χ1) is 9.87. The first-order valence-corrected chi connectivity index (χ1v) is 8.22. The molecule has 4 rings (SSSR count). The van der Waals surface area contributed by atoms with E-state index in [1.165, 1.54) is 4.90 Å². The van der Waals surface area contributed by atoms with Crippen LogP contribution in [-0.4, -0.2) is 50.5 Å². The number of aliphatic hydroxyl groups excluding tert-OH is 1. The maximum atomic E-state index is 12.8. The Kier molecular flexibility index (Phi) is 2.74. The summed E-state index contributed by atoms with van der Waals surface area (Å²) in [6, 6.07) is -0.527. The molecule has 4 atom stereocenters. The molecule has 1 aromatic rings. The predicted octanol–water partition coefficient (Wildman–Crippen LogP) is 0.633. The molecule has 3 aliphatic heterocycles. The van der Waals surface area contributed by atoms with E-state index in [1.807, 2.05) is 0 Å². The van der Waals surface area contributed by atoms with Crippen LogP contribution in [0.25, 0.3) is 0 Å². The number of carbonyl (C=O) groups excluding carboxylic acids is 1. The largest absolute Gasteiger partial charge is 0.387 e. The fraction of sp³-hybridized carbons (Fsp3) is 0.455. The number of nitrogens with two attached hydrogens (primary N) is 1. The fourth-order valence-corrected chi connectivity index (χ4v) is 4.67. The molecular formula is C11H10Br2ClN5O2. The number of aromatic nitrogens is 1. The van der Waals surface area contributed by atoms with Crippen molar-refractivity contribution in [2.45, 2.75) is 23.2 Å². The number of H-pyrrole nitrogens is 1. The number of aliphatic hydroxyl groups is 1. The van der Waals surface area contributed by atoms with E-state index in [4.69, 9.17) is 17.3 Å². The number of fused-ring (bicyclic) bond motifs is 2. The lowest BCUT2D eigenvalue weighted by Crippen LogP contribution is -2.66. The number of guanidine groups is 1. The van der Waals surface area contributed by atoms with Gasteiger partial charge in [-0.3, -0.25) is 4.79 Å². The molecule has 1 amide bonds. The molecule has 0 bridgehead atoms. The van der Waals surface area contributed by atoms with Crippen LogP contribution >= 0.6 is 43.5 Å². The number of aromatic amines is 1. The third kappa shape index (κ3) is 1.47. The van der Waals surface area contributed by atoms with Crippen molar-refractivity contribution in [1.29, 1.82) is 0 Å². The normalized spacial score (nSPS) is 37.0. The zero-order valence-corrected chi connectivity index (χ0v) is 14.3. The first-order valence-electron chi connectivity index (χ1n) is 6.20. The van der Waals surface area contributed by atoms with Gasteiger partial charge in [0.2, 0.25) is 0 Å². The zero-order chi connectivity index (χ0) is 15.1. The minimum Gasteiger partial charge on any atom is -0.387 e. The van der Waals surface area contributed by atoms with Crippen molar-refractivity contribution in [1.82, 2.24) is 15.2 Å². The summed E-state index contributed by atoms with van der Waals surface area (Å²) in [6.45, 7) is 0.224. The summed E-state index contributed by atoms with van der Waals surface area (Å²) < 4.78 is 1.34. The number of hydrogen-bond donors (Lipinski definition) is 4. The van der Waals surface area contributed by atoms with Crippen LogP contribution in [0.2, 0.25) is 0 Å². The van der Waals surface area contributed by atoms with Crippen molar-refractivity contribution in [3.05, 3.63) is 20.3 Å². The molecule has 1 fully saturated rings. The standard InChI is InChI=1S/C11H10Br2ClN5O2/c12-4-3-5(16-8(4)13)9(21)19-1-2(14)7(20)11(19)6(3)17-10(15)18-11/h2,6-7,16,20H,1H2,(H3,15,17,18)/t2-,6-,7-,11-/m0/s1. The van der Waals surface area contributed by atoms with Gasteiger partial charge in [0.05, 0.1) is 14.5 Å². The maximum Gasteiger partial charge on any atom is 0.272 e. The lowest BCUT2D eigenvalue weighted by Gasteiger charge is -2.44. The molecule has 0 saturated carbocycles. The van der Waals surface area contributed by atoms with Crippen LogP contribution in [0.15, 0.2) is 14.1 Å². The number of alkyl halides is 1. The molecule has 112 valence electrons. The molecule has 0 unspecified atom stereocenters. The van der Waals surface area contributed by atoms with Gasteiger partial charge in [-0.25, -0.2) is 4.99 Å². The van der Waals surface area contributed by atoms with E-state index in [0.717, 1.165) is 0 Å². The van der Waals surface area contributed by atoms with Gasteiger partial charge < -0.3 is 26.0 Å². The van der Waals surface area contributed by atoms with Gasteiger partial charge in [-0.2, -0.15) is 0 Å². The second-order valence-corrected chi connectivity index (χ2v) is 7.43. The Hall–Kier alpha value is -0.770. The highest BCUT2D eigenvalue weighted by atomic mass is 79.9. The smallest absolute Gasteiger partial charge is 0.272 e. The summed E-state index contributed by atoms with van der Waals surface area (Å²) in [7, 11) is 0. The van der Waals surface area contributed by atoms with E-state index in [2.05, 4.69) is 47.2 Å². The highest BCUT2D eigenvalue weighted by molar-refractivity contribution is 9.13. The average Bonchev–Trinajstić information content (AvgIpc) is 3.00. The van der Waals surface area contributed by atoms with Crippen molar-refractivity contribution < 1.29 is 9.90 Å². The Morgan fingerprint density at radius 1 is 1.52 bits per heavy atom. The first kappa shape index (κ1) is 13.9. The third-order valence-electron chi connectivity index (χ3n) is 4.28. The van der Waals surface area contributed by atoms with Crippen LogP contribution in [-0.2, 0) is 0 Å². The fourth-order valence-electron chi connectivity index (χ4n) is 3.41. The van der Waals surface area contributed by atoms with Gasteiger partial charge in [-0.15, -0.1) is 11.6 Å². The molecule has 0 radical (unpaired) electrons. The zero-order valence-electron chi connectivity index (χ0n) is 10.4. The van der Waals surface area contributed by atoms with Crippen molar-refractivity contribution in [3.63, 3.8) is 0 Å². The molecule has 5 N–H and O–H groups in total. The molecule has 1 aromatic heterocycles. The van der Waals surface area contributed by atoms with E-state index < -0.39 is 23.2 Å². The summed E-state index contributed by atoms with van der Waals surface area (Å²) in [5.41, 5.74) is 5.79. The predicted molar refractivity (Wildman–Crippen MR) is 83.1 cm³/mol. The molecular weight excluding hydrogens is 429 g/mol. The van der Waals surface area contributed by atoms with Crippen LogP contribution in [0.4, 0.5) is 0 Å². The maximum absolute atomic E-state index is 12.8. The number of halogens is 3. The summed E-state index contributed by atoms with van der Waals surface area (Å²) >= 11 is 13.0. The van der Waals surface area contributed by atoms with Gasteiger partial charge in [0.25, 0.3) is 5.91 Å². The topological polar surface area (TPSA) is 107 Å².